The summed E-state index contributed by atoms with van der Waals surface area (Å²) < 4.78 is 33.7. The first-order chi connectivity index (χ1) is 17.0. The molecule has 0 saturated heterocycles. The molecule has 3 rings (SSSR count). The van der Waals surface area contributed by atoms with E-state index in [1.165, 1.54) is 24.3 Å². The molecule has 0 unspecified atom stereocenters. The van der Waals surface area contributed by atoms with Gasteiger partial charge in [-0.15, -0.1) is 0 Å². The third-order valence-electron chi connectivity index (χ3n) is 6.03. The number of halogens is 1. The van der Waals surface area contributed by atoms with Gasteiger partial charge in [0.1, 0.15) is 12.3 Å². The smallest absolute Gasteiger partial charge is 0.264 e. The lowest BCUT2D eigenvalue weighted by Crippen LogP contribution is -2.42. The van der Waals surface area contributed by atoms with Gasteiger partial charge in [-0.3, -0.25) is 9.10 Å². The summed E-state index contributed by atoms with van der Waals surface area (Å²) in [6, 6.07) is 18.5. The number of benzene rings is 3. The molecule has 3 aromatic rings. The van der Waals surface area contributed by atoms with Gasteiger partial charge in [-0.05, 0) is 91.4 Å². The lowest BCUT2D eigenvalue weighted by molar-refractivity contribution is -0.120. The largest absolute Gasteiger partial charge is 0.497 e. The summed E-state index contributed by atoms with van der Waals surface area (Å²) in [7, 11) is -2.43. The van der Waals surface area contributed by atoms with Crippen LogP contribution in [0.2, 0.25) is 5.02 Å². The molecule has 6 nitrogen and oxygen atoms in total. The number of hydrogen-bond acceptors (Lipinski definition) is 4. The van der Waals surface area contributed by atoms with Crippen LogP contribution in [0.4, 0.5) is 5.69 Å². The molecule has 0 aliphatic heterocycles. The molecule has 0 aliphatic carbocycles. The van der Waals surface area contributed by atoms with Gasteiger partial charge in [0.05, 0.1) is 23.7 Å². The molecule has 0 aliphatic rings. The minimum atomic E-state index is -4.03. The Morgan fingerprint density at radius 3 is 2.17 bits per heavy atom. The molecule has 0 aromatic heterocycles. The first kappa shape index (κ1) is 27.6. The highest BCUT2D eigenvalue weighted by Crippen LogP contribution is 2.28. The van der Waals surface area contributed by atoms with Crippen molar-refractivity contribution in [2.75, 3.05) is 18.0 Å². The number of carbonyl (C=O) groups is 1. The molecule has 36 heavy (non-hydrogen) atoms. The Kier molecular flexibility index (Phi) is 9.03. The molecule has 1 amide bonds. The van der Waals surface area contributed by atoms with Crippen LogP contribution in [0.25, 0.3) is 0 Å². The number of ether oxygens (including phenoxy) is 1. The standard InChI is InChI=1S/C28H33ClN2O4S/c1-19(2)16-27(22-7-12-25(35-5)13-8-22)30-28(32)18-31(24-11-6-20(3)21(4)17-24)36(33,34)26-14-9-23(29)10-15-26/h6-15,17,19,27H,16,18H2,1-5H3,(H,30,32)/t27-/m0/s1. The predicted molar refractivity (Wildman–Crippen MR) is 145 cm³/mol. The first-order valence-electron chi connectivity index (χ1n) is 11.8. The van der Waals surface area contributed by atoms with Gasteiger partial charge in [0, 0.05) is 5.02 Å². The Hall–Kier alpha value is -3.03. The second-order valence-electron chi connectivity index (χ2n) is 9.26. The highest BCUT2D eigenvalue weighted by atomic mass is 35.5. The maximum atomic E-state index is 13.7. The van der Waals surface area contributed by atoms with Crippen molar-refractivity contribution in [3.8, 4) is 5.75 Å². The summed E-state index contributed by atoms with van der Waals surface area (Å²) >= 11 is 5.98. The Balaban J connectivity index is 1.94. The Labute approximate surface area is 219 Å². The molecule has 0 bridgehead atoms. The predicted octanol–water partition coefficient (Wildman–Crippen LogP) is 6.06. The summed E-state index contributed by atoms with van der Waals surface area (Å²) in [6.45, 7) is 7.66. The highest BCUT2D eigenvalue weighted by molar-refractivity contribution is 7.92. The molecule has 192 valence electrons. The van der Waals surface area contributed by atoms with Crippen molar-refractivity contribution in [3.05, 3.63) is 88.4 Å². The van der Waals surface area contributed by atoms with Gasteiger partial charge in [0.2, 0.25) is 5.91 Å². The summed E-state index contributed by atoms with van der Waals surface area (Å²) in [5.41, 5.74) is 3.31. The van der Waals surface area contributed by atoms with E-state index >= 15 is 0 Å². The SMILES string of the molecule is COc1ccc([C@H](CC(C)C)NC(=O)CN(c2ccc(C)c(C)c2)S(=O)(=O)c2ccc(Cl)cc2)cc1. The van der Waals surface area contributed by atoms with Crippen LogP contribution >= 0.6 is 11.6 Å². The molecule has 0 spiro atoms. The van der Waals surface area contributed by atoms with Gasteiger partial charge in [0.25, 0.3) is 10.0 Å². The van der Waals surface area contributed by atoms with E-state index in [0.29, 0.717) is 23.0 Å². The van der Waals surface area contributed by atoms with E-state index in [1.807, 2.05) is 44.2 Å². The molecule has 3 aromatic carbocycles. The number of amides is 1. The normalized spacial score (nSPS) is 12.3. The third kappa shape index (κ3) is 6.80. The van der Waals surface area contributed by atoms with Crippen LogP contribution in [-0.2, 0) is 14.8 Å². The molecular weight excluding hydrogens is 496 g/mol. The minimum absolute atomic E-state index is 0.0619. The number of aryl methyl sites for hydroxylation is 2. The number of rotatable bonds is 10. The number of sulfonamides is 1. The number of nitrogens with zero attached hydrogens (tertiary/aromatic N) is 1. The molecule has 0 fully saturated rings. The van der Waals surface area contributed by atoms with Crippen molar-refractivity contribution < 1.29 is 17.9 Å². The Morgan fingerprint density at radius 1 is 0.972 bits per heavy atom. The first-order valence-corrected chi connectivity index (χ1v) is 13.6. The molecule has 1 N–H and O–H groups in total. The van der Waals surface area contributed by atoms with Crippen molar-refractivity contribution in [1.82, 2.24) is 5.32 Å². The van der Waals surface area contributed by atoms with Crippen molar-refractivity contribution >= 4 is 33.2 Å². The maximum absolute atomic E-state index is 13.7. The summed E-state index contributed by atoms with van der Waals surface area (Å²) in [5.74, 6) is 0.640. The van der Waals surface area contributed by atoms with Crippen LogP contribution < -0.4 is 14.4 Å². The minimum Gasteiger partial charge on any atom is -0.497 e. The summed E-state index contributed by atoms with van der Waals surface area (Å²) in [4.78, 5) is 13.4. The van der Waals surface area contributed by atoms with Gasteiger partial charge in [-0.25, -0.2) is 8.42 Å². The highest BCUT2D eigenvalue weighted by Gasteiger charge is 2.28. The van der Waals surface area contributed by atoms with Crippen LogP contribution in [0.5, 0.6) is 5.75 Å². The molecule has 8 heteroatoms. The molecule has 0 heterocycles. The topological polar surface area (TPSA) is 75.7 Å². The number of anilines is 1. The summed E-state index contributed by atoms with van der Waals surface area (Å²) in [5, 5.41) is 3.49. The van der Waals surface area contributed by atoms with Crippen LogP contribution in [0.3, 0.4) is 0 Å². The van der Waals surface area contributed by atoms with Gasteiger partial charge in [-0.2, -0.15) is 0 Å². The van der Waals surface area contributed by atoms with E-state index in [0.717, 1.165) is 26.7 Å². The fourth-order valence-corrected chi connectivity index (χ4v) is 5.42. The lowest BCUT2D eigenvalue weighted by Gasteiger charge is -2.27. The van der Waals surface area contributed by atoms with Crippen molar-refractivity contribution in [2.45, 2.75) is 45.1 Å². The van der Waals surface area contributed by atoms with Crippen LogP contribution in [0.1, 0.15) is 43.0 Å². The average molecular weight is 529 g/mol. The van der Waals surface area contributed by atoms with Crippen LogP contribution in [-0.4, -0.2) is 28.0 Å². The fourth-order valence-electron chi connectivity index (χ4n) is 3.89. The van der Waals surface area contributed by atoms with E-state index in [1.54, 1.807) is 19.2 Å². The zero-order valence-corrected chi connectivity index (χ0v) is 22.9. The Bertz CT molecular complexity index is 1290. The number of methoxy groups -OCH3 is 1. The van der Waals surface area contributed by atoms with E-state index < -0.39 is 15.9 Å². The number of nitrogens with one attached hydrogen (secondary N) is 1. The van der Waals surface area contributed by atoms with E-state index in [9.17, 15) is 13.2 Å². The lowest BCUT2D eigenvalue weighted by atomic mass is 9.97. The molecule has 0 saturated carbocycles. The fraction of sp³-hybridized carbons (Fsp3) is 0.321. The van der Waals surface area contributed by atoms with E-state index in [-0.39, 0.29) is 17.5 Å². The molecule has 1 atom stereocenters. The van der Waals surface area contributed by atoms with Gasteiger partial charge >= 0.3 is 0 Å². The maximum Gasteiger partial charge on any atom is 0.264 e. The zero-order chi connectivity index (χ0) is 26.5. The van der Waals surface area contributed by atoms with Crippen molar-refractivity contribution in [3.63, 3.8) is 0 Å². The van der Waals surface area contributed by atoms with Crippen molar-refractivity contribution in [2.24, 2.45) is 5.92 Å². The number of carbonyl (C=O) groups excluding carboxylic acids is 1. The van der Waals surface area contributed by atoms with Gasteiger partial charge < -0.3 is 10.1 Å². The quantitative estimate of drug-likeness (QED) is 0.347. The van der Waals surface area contributed by atoms with Crippen molar-refractivity contribution in [1.29, 1.82) is 0 Å². The molecule has 0 radical (unpaired) electrons. The number of hydrogen-bond donors (Lipinski definition) is 1. The van der Waals surface area contributed by atoms with E-state index in [2.05, 4.69) is 19.2 Å². The van der Waals surface area contributed by atoms with Crippen LogP contribution in [0, 0.1) is 19.8 Å². The zero-order valence-electron chi connectivity index (χ0n) is 21.3. The monoisotopic (exact) mass is 528 g/mol. The van der Waals surface area contributed by atoms with E-state index in [4.69, 9.17) is 16.3 Å². The van der Waals surface area contributed by atoms with Crippen LogP contribution in [0.15, 0.2) is 71.6 Å². The van der Waals surface area contributed by atoms with Gasteiger partial charge in [-0.1, -0.05) is 43.6 Å². The third-order valence-corrected chi connectivity index (χ3v) is 8.07. The second-order valence-corrected chi connectivity index (χ2v) is 11.6. The summed E-state index contributed by atoms with van der Waals surface area (Å²) in [6.07, 6.45) is 0.700. The Morgan fingerprint density at radius 2 is 1.61 bits per heavy atom. The second kappa shape index (κ2) is 11.8. The average Bonchev–Trinajstić information content (AvgIpc) is 2.84. The van der Waals surface area contributed by atoms with Gasteiger partial charge in [0.15, 0.2) is 0 Å². The molecular formula is C28H33ClN2O4S.